The molecule has 1 aliphatic rings. The molecule has 1 fully saturated rings. The molecular formula is C24H24N6O. The van der Waals surface area contributed by atoms with Gasteiger partial charge in [0, 0.05) is 29.5 Å². The first-order valence-corrected chi connectivity index (χ1v) is 10.4. The van der Waals surface area contributed by atoms with Crippen molar-refractivity contribution in [1.29, 1.82) is 5.26 Å². The maximum absolute atomic E-state index is 13.2. The second kappa shape index (κ2) is 9.37. The molecule has 7 heteroatoms. The molecule has 0 spiro atoms. The van der Waals surface area contributed by atoms with Gasteiger partial charge in [0.2, 0.25) is 0 Å². The van der Waals surface area contributed by atoms with Crippen molar-refractivity contribution in [2.45, 2.75) is 37.8 Å². The van der Waals surface area contributed by atoms with Crippen LogP contribution in [0.5, 0.6) is 0 Å². The van der Waals surface area contributed by atoms with E-state index in [4.69, 9.17) is 5.73 Å². The van der Waals surface area contributed by atoms with Gasteiger partial charge in [0.15, 0.2) is 0 Å². The van der Waals surface area contributed by atoms with E-state index in [1.165, 1.54) is 6.33 Å². The van der Waals surface area contributed by atoms with Crippen LogP contribution in [0.25, 0.3) is 11.1 Å². The van der Waals surface area contributed by atoms with Crippen LogP contribution in [0.3, 0.4) is 0 Å². The zero-order valence-corrected chi connectivity index (χ0v) is 17.1. The Labute approximate surface area is 181 Å². The minimum Gasteiger partial charge on any atom is -0.348 e. The van der Waals surface area contributed by atoms with Crippen LogP contribution < -0.4 is 16.4 Å². The summed E-state index contributed by atoms with van der Waals surface area (Å²) >= 11 is 0. The number of amides is 1. The van der Waals surface area contributed by atoms with Gasteiger partial charge in [0.1, 0.15) is 12.1 Å². The number of rotatable bonds is 5. The fourth-order valence-electron chi connectivity index (χ4n) is 3.91. The number of anilines is 2. The van der Waals surface area contributed by atoms with Gasteiger partial charge in [-0.15, -0.1) is 0 Å². The SMILES string of the molecule is N#Cc1cccc(-c2cc(Nc3ccncn3)ccc2C(=O)NC2CCCC[C@@H]2N)c1. The Balaban J connectivity index is 1.69. The van der Waals surface area contributed by atoms with Crippen LogP contribution in [0.4, 0.5) is 11.5 Å². The fourth-order valence-corrected chi connectivity index (χ4v) is 3.91. The molecule has 1 aromatic heterocycles. The summed E-state index contributed by atoms with van der Waals surface area (Å²) in [6.07, 6.45) is 7.10. The summed E-state index contributed by atoms with van der Waals surface area (Å²) < 4.78 is 0. The first kappa shape index (κ1) is 20.5. The number of hydrogen-bond donors (Lipinski definition) is 3. The van der Waals surface area contributed by atoms with Gasteiger partial charge in [-0.05, 0) is 60.4 Å². The molecule has 1 heterocycles. The van der Waals surface area contributed by atoms with Crippen LogP contribution >= 0.6 is 0 Å². The molecule has 0 aliphatic heterocycles. The third-order valence-electron chi connectivity index (χ3n) is 5.56. The number of carbonyl (C=O) groups is 1. The predicted molar refractivity (Wildman–Crippen MR) is 120 cm³/mol. The first-order chi connectivity index (χ1) is 15.1. The number of carbonyl (C=O) groups excluding carboxylic acids is 1. The van der Waals surface area contributed by atoms with Crippen molar-refractivity contribution < 1.29 is 4.79 Å². The normalized spacial score (nSPS) is 18.1. The van der Waals surface area contributed by atoms with Gasteiger partial charge in [-0.3, -0.25) is 4.79 Å². The van der Waals surface area contributed by atoms with E-state index in [1.807, 2.05) is 24.3 Å². The second-order valence-electron chi connectivity index (χ2n) is 7.70. The molecule has 4 N–H and O–H groups in total. The van der Waals surface area contributed by atoms with Gasteiger partial charge >= 0.3 is 0 Å². The molecule has 31 heavy (non-hydrogen) atoms. The molecule has 0 bridgehead atoms. The van der Waals surface area contributed by atoms with Crippen molar-refractivity contribution >= 4 is 17.4 Å². The highest BCUT2D eigenvalue weighted by molar-refractivity contribution is 6.02. The van der Waals surface area contributed by atoms with Crippen molar-refractivity contribution in [3.05, 3.63) is 72.2 Å². The maximum Gasteiger partial charge on any atom is 0.252 e. The highest BCUT2D eigenvalue weighted by Gasteiger charge is 2.25. The average molecular weight is 412 g/mol. The lowest BCUT2D eigenvalue weighted by Crippen LogP contribution is -2.49. The van der Waals surface area contributed by atoms with E-state index in [2.05, 4.69) is 26.7 Å². The highest BCUT2D eigenvalue weighted by atomic mass is 16.1. The van der Waals surface area contributed by atoms with E-state index in [1.54, 1.807) is 30.5 Å². The van der Waals surface area contributed by atoms with E-state index >= 15 is 0 Å². The summed E-state index contributed by atoms with van der Waals surface area (Å²) in [5.41, 5.74) is 9.62. The summed E-state index contributed by atoms with van der Waals surface area (Å²) in [4.78, 5) is 21.3. The van der Waals surface area contributed by atoms with Crippen LogP contribution in [-0.4, -0.2) is 28.0 Å². The zero-order valence-electron chi connectivity index (χ0n) is 17.1. The molecule has 1 unspecified atom stereocenters. The molecular weight excluding hydrogens is 388 g/mol. The van der Waals surface area contributed by atoms with E-state index < -0.39 is 0 Å². The van der Waals surface area contributed by atoms with E-state index in [-0.39, 0.29) is 18.0 Å². The zero-order chi connectivity index (χ0) is 21.6. The third-order valence-corrected chi connectivity index (χ3v) is 5.56. The lowest BCUT2D eigenvalue weighted by atomic mass is 9.90. The lowest BCUT2D eigenvalue weighted by Gasteiger charge is -2.29. The average Bonchev–Trinajstić information content (AvgIpc) is 2.81. The maximum atomic E-state index is 13.2. The summed E-state index contributed by atoms with van der Waals surface area (Å²) in [6, 6.07) is 16.6. The molecule has 4 rings (SSSR count). The smallest absolute Gasteiger partial charge is 0.252 e. The number of nitrogens with zero attached hydrogens (tertiary/aromatic N) is 3. The van der Waals surface area contributed by atoms with Crippen molar-refractivity contribution in [2.24, 2.45) is 5.73 Å². The Morgan fingerprint density at radius 2 is 2.00 bits per heavy atom. The standard InChI is InChI=1S/C24H24N6O/c25-14-16-4-3-5-17(12-16)20-13-18(29-23-10-11-27-15-28-23)8-9-19(20)24(31)30-22-7-2-1-6-21(22)26/h3-5,8-13,15,21-22H,1-2,6-7,26H2,(H,30,31)(H,27,28,29)/t21-,22?/m0/s1. The van der Waals surface area contributed by atoms with Gasteiger partial charge in [-0.2, -0.15) is 5.26 Å². The van der Waals surface area contributed by atoms with Crippen LogP contribution in [0.1, 0.15) is 41.6 Å². The Morgan fingerprint density at radius 1 is 1.13 bits per heavy atom. The number of nitrogens with one attached hydrogen (secondary N) is 2. The molecule has 2 atom stereocenters. The highest BCUT2D eigenvalue weighted by Crippen LogP contribution is 2.29. The molecule has 0 saturated heterocycles. The van der Waals surface area contributed by atoms with Crippen molar-refractivity contribution in [2.75, 3.05) is 5.32 Å². The molecule has 1 amide bonds. The quantitative estimate of drug-likeness (QED) is 0.587. The Morgan fingerprint density at radius 3 is 2.77 bits per heavy atom. The number of benzene rings is 2. The summed E-state index contributed by atoms with van der Waals surface area (Å²) in [7, 11) is 0. The minimum atomic E-state index is -0.159. The number of aromatic nitrogens is 2. The minimum absolute atomic E-state index is 0.0261. The summed E-state index contributed by atoms with van der Waals surface area (Å²) in [6.45, 7) is 0. The van der Waals surface area contributed by atoms with E-state index in [9.17, 15) is 10.1 Å². The van der Waals surface area contributed by atoms with E-state index in [0.29, 0.717) is 16.9 Å². The molecule has 0 radical (unpaired) electrons. The first-order valence-electron chi connectivity index (χ1n) is 10.4. The van der Waals surface area contributed by atoms with Gasteiger partial charge in [-0.25, -0.2) is 9.97 Å². The number of nitriles is 1. The second-order valence-corrected chi connectivity index (χ2v) is 7.70. The Bertz CT molecular complexity index is 1110. The monoisotopic (exact) mass is 412 g/mol. The van der Waals surface area contributed by atoms with Crippen LogP contribution in [-0.2, 0) is 0 Å². The molecule has 3 aromatic rings. The van der Waals surface area contributed by atoms with Gasteiger partial charge in [0.05, 0.1) is 11.6 Å². The topological polar surface area (TPSA) is 117 Å². The van der Waals surface area contributed by atoms with Gasteiger partial charge in [0.25, 0.3) is 5.91 Å². The van der Waals surface area contributed by atoms with Crippen molar-refractivity contribution in [1.82, 2.24) is 15.3 Å². The fraction of sp³-hybridized carbons (Fsp3) is 0.250. The van der Waals surface area contributed by atoms with Crippen molar-refractivity contribution in [3.8, 4) is 17.2 Å². The van der Waals surface area contributed by atoms with Crippen LogP contribution in [0.15, 0.2) is 61.1 Å². The Hall–Kier alpha value is -3.76. The Kier molecular flexibility index (Phi) is 6.20. The van der Waals surface area contributed by atoms with Crippen molar-refractivity contribution in [3.63, 3.8) is 0 Å². The third kappa shape index (κ3) is 4.87. The number of hydrogen-bond acceptors (Lipinski definition) is 6. The largest absolute Gasteiger partial charge is 0.348 e. The van der Waals surface area contributed by atoms with E-state index in [0.717, 1.165) is 42.5 Å². The lowest BCUT2D eigenvalue weighted by molar-refractivity contribution is 0.0922. The molecule has 7 nitrogen and oxygen atoms in total. The summed E-state index contributed by atoms with van der Waals surface area (Å²) in [5, 5.41) is 15.7. The predicted octanol–water partition coefficient (Wildman–Crippen LogP) is 3.76. The molecule has 1 aliphatic carbocycles. The van der Waals surface area contributed by atoms with Crippen LogP contribution in [0, 0.1) is 11.3 Å². The van der Waals surface area contributed by atoms with Crippen LogP contribution in [0.2, 0.25) is 0 Å². The summed E-state index contributed by atoms with van der Waals surface area (Å²) in [5.74, 6) is 0.491. The molecule has 2 aromatic carbocycles. The van der Waals surface area contributed by atoms with Gasteiger partial charge in [-0.1, -0.05) is 25.0 Å². The molecule has 1 saturated carbocycles. The van der Waals surface area contributed by atoms with Gasteiger partial charge < -0.3 is 16.4 Å². The number of nitrogens with two attached hydrogens (primary N) is 1. The molecule has 156 valence electrons.